The summed E-state index contributed by atoms with van der Waals surface area (Å²) < 4.78 is 2.07. The number of hydrogen-bond donors (Lipinski definition) is 1. The average molecular weight is 338 g/mol. The molecule has 0 aromatic carbocycles. The molecule has 0 saturated heterocycles. The van der Waals surface area contributed by atoms with Crippen LogP contribution in [0.1, 0.15) is 30.2 Å². The van der Waals surface area contributed by atoms with E-state index in [0.29, 0.717) is 0 Å². The lowest BCUT2D eigenvalue weighted by atomic mass is 10.1. The zero-order valence-corrected chi connectivity index (χ0v) is 11.5. The highest BCUT2D eigenvalue weighted by molar-refractivity contribution is 9.13. The van der Waals surface area contributed by atoms with E-state index >= 15 is 0 Å². The minimum absolute atomic E-state index is 0.398. The van der Waals surface area contributed by atoms with Gasteiger partial charge in [-0.3, -0.25) is 0 Å². The van der Waals surface area contributed by atoms with E-state index in [2.05, 4.69) is 37.9 Å². The molecule has 1 aromatic heterocycles. The third kappa shape index (κ3) is 2.13. The van der Waals surface area contributed by atoms with Gasteiger partial charge < -0.3 is 5.11 Å². The van der Waals surface area contributed by atoms with Gasteiger partial charge in [-0.25, -0.2) is 0 Å². The summed E-state index contributed by atoms with van der Waals surface area (Å²) in [5, 5.41) is 10.1. The molecule has 14 heavy (non-hydrogen) atoms. The van der Waals surface area contributed by atoms with E-state index < -0.39 is 6.10 Å². The van der Waals surface area contributed by atoms with Gasteiger partial charge in [0, 0.05) is 9.35 Å². The van der Waals surface area contributed by atoms with Crippen LogP contribution < -0.4 is 0 Å². The third-order valence-corrected chi connectivity index (χ3v) is 5.67. The first kappa shape index (κ1) is 10.9. The second-order valence-electron chi connectivity index (χ2n) is 3.34. The minimum Gasteiger partial charge on any atom is -0.383 e. The highest BCUT2D eigenvalue weighted by Gasteiger charge is 2.19. The molecule has 4 heteroatoms. The summed E-state index contributed by atoms with van der Waals surface area (Å²) in [6.45, 7) is 0. The molecular weight excluding hydrogens is 328 g/mol. The van der Waals surface area contributed by atoms with Crippen LogP contribution in [-0.2, 0) is 0 Å². The molecule has 0 fully saturated rings. The summed E-state index contributed by atoms with van der Waals surface area (Å²) in [6.07, 6.45) is 5.09. The molecule has 0 spiro atoms. The smallest absolute Gasteiger partial charge is 0.109 e. The molecule has 1 aliphatic carbocycles. The molecule has 0 amide bonds. The maximum atomic E-state index is 10.1. The SMILES string of the molecule is OC(C1=CCCC1)c1cc(Br)c(Br)s1. The van der Waals surface area contributed by atoms with E-state index in [1.165, 1.54) is 12.0 Å². The number of hydrogen-bond acceptors (Lipinski definition) is 2. The second-order valence-corrected chi connectivity index (χ2v) is 6.60. The van der Waals surface area contributed by atoms with Crippen LogP contribution in [0.4, 0.5) is 0 Å². The van der Waals surface area contributed by atoms with Gasteiger partial charge in [0.05, 0.1) is 3.79 Å². The predicted octanol–water partition coefficient (Wildman–Crippen LogP) is 4.42. The summed E-state index contributed by atoms with van der Waals surface area (Å²) in [6, 6.07) is 1.98. The monoisotopic (exact) mass is 336 g/mol. The number of aliphatic hydroxyl groups is 1. The van der Waals surface area contributed by atoms with Crippen molar-refractivity contribution in [2.24, 2.45) is 0 Å². The van der Waals surface area contributed by atoms with Crippen molar-refractivity contribution < 1.29 is 5.11 Å². The van der Waals surface area contributed by atoms with Crippen LogP contribution in [-0.4, -0.2) is 5.11 Å². The van der Waals surface area contributed by atoms with Gasteiger partial charge in [0.15, 0.2) is 0 Å². The number of rotatable bonds is 2. The molecule has 1 unspecified atom stereocenters. The Kier molecular flexibility index (Phi) is 3.47. The maximum Gasteiger partial charge on any atom is 0.109 e. The summed E-state index contributed by atoms with van der Waals surface area (Å²) in [4.78, 5) is 1.01. The topological polar surface area (TPSA) is 20.2 Å². The highest BCUT2D eigenvalue weighted by atomic mass is 79.9. The molecule has 0 radical (unpaired) electrons. The van der Waals surface area contributed by atoms with Crippen LogP contribution in [0.5, 0.6) is 0 Å². The van der Waals surface area contributed by atoms with E-state index in [9.17, 15) is 5.11 Å². The van der Waals surface area contributed by atoms with Crippen molar-refractivity contribution in [2.45, 2.75) is 25.4 Å². The van der Waals surface area contributed by atoms with Crippen molar-refractivity contribution in [3.63, 3.8) is 0 Å². The Bertz CT molecular complexity index is 351. The van der Waals surface area contributed by atoms with Crippen molar-refractivity contribution in [3.05, 3.63) is 30.9 Å². The Morgan fingerprint density at radius 1 is 1.43 bits per heavy atom. The highest BCUT2D eigenvalue weighted by Crippen LogP contribution is 2.39. The molecule has 1 nitrogen and oxygen atoms in total. The first-order valence-electron chi connectivity index (χ1n) is 4.50. The fourth-order valence-electron chi connectivity index (χ4n) is 1.62. The molecule has 1 aromatic rings. The molecule has 0 aliphatic heterocycles. The fraction of sp³-hybridized carbons (Fsp3) is 0.400. The van der Waals surface area contributed by atoms with Gasteiger partial charge in [0.2, 0.25) is 0 Å². The van der Waals surface area contributed by atoms with Crippen LogP contribution >= 0.6 is 43.2 Å². The number of thiophene rings is 1. The van der Waals surface area contributed by atoms with Crippen molar-refractivity contribution in [1.29, 1.82) is 0 Å². The summed E-state index contributed by atoms with van der Waals surface area (Å²) in [5.41, 5.74) is 1.17. The van der Waals surface area contributed by atoms with Crippen LogP contribution in [0.15, 0.2) is 26.0 Å². The lowest BCUT2D eigenvalue weighted by Gasteiger charge is -2.08. The minimum atomic E-state index is -0.398. The van der Waals surface area contributed by atoms with E-state index in [4.69, 9.17) is 0 Å². The molecule has 2 rings (SSSR count). The van der Waals surface area contributed by atoms with Gasteiger partial charge in [-0.2, -0.15) is 0 Å². The Morgan fingerprint density at radius 3 is 2.71 bits per heavy atom. The normalized spacial score (nSPS) is 18.4. The summed E-state index contributed by atoms with van der Waals surface area (Å²) in [5.74, 6) is 0. The van der Waals surface area contributed by atoms with E-state index in [0.717, 1.165) is 26.0 Å². The quantitative estimate of drug-likeness (QED) is 0.792. The molecule has 1 aliphatic rings. The standard InChI is InChI=1S/C10H10Br2OS/c11-7-5-8(14-10(7)12)9(13)6-3-1-2-4-6/h3,5,9,13H,1-2,4H2. The van der Waals surface area contributed by atoms with Gasteiger partial charge in [-0.05, 0) is 62.8 Å². The molecule has 1 atom stereocenters. The molecule has 76 valence electrons. The van der Waals surface area contributed by atoms with Gasteiger partial charge in [0.1, 0.15) is 6.10 Å². The predicted molar refractivity (Wildman–Crippen MR) is 66.6 cm³/mol. The Balaban J connectivity index is 2.22. The van der Waals surface area contributed by atoms with Crippen molar-refractivity contribution in [1.82, 2.24) is 0 Å². The van der Waals surface area contributed by atoms with Crippen LogP contribution in [0.3, 0.4) is 0 Å². The van der Waals surface area contributed by atoms with Crippen molar-refractivity contribution >= 4 is 43.2 Å². The van der Waals surface area contributed by atoms with Crippen molar-refractivity contribution in [2.75, 3.05) is 0 Å². The number of allylic oxidation sites excluding steroid dienone is 1. The summed E-state index contributed by atoms with van der Waals surface area (Å²) in [7, 11) is 0. The first-order chi connectivity index (χ1) is 6.68. The van der Waals surface area contributed by atoms with Crippen LogP contribution in [0, 0.1) is 0 Å². The lowest BCUT2D eigenvalue weighted by Crippen LogP contribution is -1.96. The Hall–Kier alpha value is 0.360. The lowest BCUT2D eigenvalue weighted by molar-refractivity contribution is 0.216. The van der Waals surface area contributed by atoms with Gasteiger partial charge in [-0.1, -0.05) is 6.08 Å². The first-order valence-corrected chi connectivity index (χ1v) is 6.90. The Labute approximate surface area is 104 Å². The van der Waals surface area contributed by atoms with E-state index in [1.807, 2.05) is 6.07 Å². The second kappa shape index (κ2) is 4.47. The average Bonchev–Trinajstić information content (AvgIpc) is 2.76. The van der Waals surface area contributed by atoms with Crippen molar-refractivity contribution in [3.8, 4) is 0 Å². The fourth-order valence-corrected chi connectivity index (χ4v) is 3.74. The number of halogens is 2. The zero-order chi connectivity index (χ0) is 10.1. The Morgan fingerprint density at radius 2 is 2.21 bits per heavy atom. The summed E-state index contributed by atoms with van der Waals surface area (Å²) >= 11 is 8.45. The molecule has 1 heterocycles. The zero-order valence-electron chi connectivity index (χ0n) is 7.46. The molecular formula is C10H10Br2OS. The van der Waals surface area contributed by atoms with Crippen LogP contribution in [0.2, 0.25) is 0 Å². The van der Waals surface area contributed by atoms with Crippen LogP contribution in [0.25, 0.3) is 0 Å². The van der Waals surface area contributed by atoms with Gasteiger partial charge >= 0.3 is 0 Å². The third-order valence-electron chi connectivity index (χ3n) is 2.36. The molecule has 0 bridgehead atoms. The van der Waals surface area contributed by atoms with Gasteiger partial charge in [0.25, 0.3) is 0 Å². The van der Waals surface area contributed by atoms with E-state index in [-0.39, 0.29) is 0 Å². The molecule has 1 N–H and O–H groups in total. The largest absolute Gasteiger partial charge is 0.383 e. The molecule has 0 saturated carbocycles. The van der Waals surface area contributed by atoms with Gasteiger partial charge in [-0.15, -0.1) is 11.3 Å². The maximum absolute atomic E-state index is 10.1. The van der Waals surface area contributed by atoms with E-state index in [1.54, 1.807) is 11.3 Å². The number of aliphatic hydroxyl groups excluding tert-OH is 1.